The molecule has 1 atom stereocenters. The van der Waals surface area contributed by atoms with Gasteiger partial charge in [-0.15, -0.1) is 0 Å². The first-order chi connectivity index (χ1) is 47.1. The van der Waals surface area contributed by atoms with Crippen molar-refractivity contribution in [1.82, 2.24) is 0 Å². The van der Waals surface area contributed by atoms with Crippen LogP contribution >= 0.6 is 0 Å². The zero-order chi connectivity index (χ0) is 69.6. The molecule has 1 unspecified atom stereocenters. The van der Waals surface area contributed by atoms with Crippen molar-refractivity contribution >= 4 is 97.8 Å². The summed E-state index contributed by atoms with van der Waals surface area (Å²) in [5.74, 6) is 0.553. The number of benzene rings is 15. The maximum absolute atomic E-state index is 2.42. The predicted molar refractivity (Wildman–Crippen MR) is 436 cm³/mol. The molecule has 0 heterocycles. The summed E-state index contributed by atoms with van der Waals surface area (Å²) in [7, 11) is 0. The molecule has 0 amide bonds. The molecule has 17 rings (SSSR count). The van der Waals surface area contributed by atoms with E-state index in [1.54, 1.807) is 0 Å². The molecule has 2 aliphatic rings. The summed E-state index contributed by atoms with van der Waals surface area (Å²) < 4.78 is 0. The second-order valence-corrected chi connectivity index (χ2v) is 27.9. The van der Waals surface area contributed by atoms with E-state index in [9.17, 15) is 0 Å². The quantitative estimate of drug-likeness (QED) is 0.133. The Bertz CT molecular complexity index is 5390. The average molecular weight is 1280 g/mol. The first-order valence-corrected chi connectivity index (χ1v) is 35.2. The smallest absolute Gasteiger partial charge is 0.000377 e. The predicted octanol–water partition coefficient (Wildman–Crippen LogP) is 27.9. The van der Waals surface area contributed by atoms with Gasteiger partial charge in [0.15, 0.2) is 0 Å². The minimum absolute atomic E-state index is 0.553. The lowest BCUT2D eigenvalue weighted by atomic mass is 9.77. The van der Waals surface area contributed by atoms with E-state index < -0.39 is 0 Å². The zero-order valence-corrected chi connectivity index (χ0v) is 61.5. The molecular weight excluding hydrogens is 1180 g/mol. The highest BCUT2D eigenvalue weighted by molar-refractivity contribution is 6.18. The van der Waals surface area contributed by atoms with Crippen LogP contribution in [0.25, 0.3) is 97.8 Å². The summed E-state index contributed by atoms with van der Waals surface area (Å²) in [5.41, 5.74) is 29.5. The number of allylic oxidation sites excluding steroid dienone is 3. The van der Waals surface area contributed by atoms with Crippen LogP contribution in [0.1, 0.15) is 118 Å². The minimum Gasteiger partial charge on any atom is -0.0767 e. The van der Waals surface area contributed by atoms with Crippen molar-refractivity contribution in [1.29, 1.82) is 0 Å². The maximum Gasteiger partial charge on any atom is -0.000377 e. The van der Waals surface area contributed by atoms with E-state index in [-0.39, 0.29) is 0 Å². The van der Waals surface area contributed by atoms with Gasteiger partial charge < -0.3 is 0 Å². The Balaban J connectivity index is 0.000000118. The second kappa shape index (κ2) is 30.1. The van der Waals surface area contributed by atoms with E-state index in [0.717, 1.165) is 6.42 Å². The van der Waals surface area contributed by atoms with Gasteiger partial charge in [0.05, 0.1) is 0 Å². The van der Waals surface area contributed by atoms with Gasteiger partial charge in [-0.25, -0.2) is 0 Å². The maximum atomic E-state index is 2.42. The third-order valence-corrected chi connectivity index (χ3v) is 21.3. The van der Waals surface area contributed by atoms with Crippen molar-refractivity contribution < 1.29 is 0 Å². The molecule has 0 spiro atoms. The monoisotopic (exact) mass is 1270 g/mol. The van der Waals surface area contributed by atoms with E-state index >= 15 is 0 Å². The van der Waals surface area contributed by atoms with Gasteiger partial charge in [-0.05, 0) is 322 Å². The number of rotatable bonds is 0. The van der Waals surface area contributed by atoms with Crippen LogP contribution in [0.2, 0.25) is 0 Å². The molecule has 0 radical (unpaired) electrons. The Morgan fingerprint density at radius 1 is 0.255 bits per heavy atom. The Labute approximate surface area is 585 Å². The molecule has 0 fully saturated rings. The number of hydrogen-bond donors (Lipinski definition) is 0. The average Bonchev–Trinajstić information content (AvgIpc) is 0.753. The molecule has 0 nitrogen and oxygen atoms in total. The van der Waals surface area contributed by atoms with Crippen LogP contribution in [-0.2, 0) is 6.42 Å². The van der Waals surface area contributed by atoms with Crippen LogP contribution in [-0.4, -0.2) is 0 Å². The van der Waals surface area contributed by atoms with Gasteiger partial charge >= 0.3 is 0 Å². The van der Waals surface area contributed by atoms with E-state index in [1.807, 2.05) is 0 Å². The van der Waals surface area contributed by atoms with Crippen molar-refractivity contribution in [2.75, 3.05) is 0 Å². The van der Waals surface area contributed by atoms with Crippen molar-refractivity contribution in [3.63, 3.8) is 0 Å². The second-order valence-electron chi connectivity index (χ2n) is 27.9. The highest BCUT2D eigenvalue weighted by Gasteiger charge is 2.24. The summed E-state index contributed by atoms with van der Waals surface area (Å²) >= 11 is 0. The van der Waals surface area contributed by atoms with Crippen molar-refractivity contribution in [3.05, 3.63) is 354 Å². The van der Waals surface area contributed by atoms with Crippen LogP contribution in [0.5, 0.6) is 0 Å². The molecule has 0 N–H and O–H groups in total. The zero-order valence-electron chi connectivity index (χ0n) is 61.5. The molecule has 98 heavy (non-hydrogen) atoms. The fraction of sp³-hybridized carbons (Fsp3) is 0.204. The lowest BCUT2D eigenvalue weighted by Crippen LogP contribution is -2.09. The highest BCUT2D eigenvalue weighted by Crippen LogP contribution is 2.43. The number of fused-ring (bicyclic) bond motifs is 10. The largest absolute Gasteiger partial charge is 0.0767 e. The van der Waals surface area contributed by atoms with Crippen LogP contribution in [0.4, 0.5) is 0 Å². The minimum atomic E-state index is 0.553. The van der Waals surface area contributed by atoms with E-state index in [4.69, 9.17) is 0 Å². The molecule has 0 saturated heterocycles. The summed E-state index contributed by atoms with van der Waals surface area (Å²) in [6.07, 6.45) is 8.11. The summed E-state index contributed by atoms with van der Waals surface area (Å²) in [6.45, 7) is 39.4. The van der Waals surface area contributed by atoms with Crippen molar-refractivity contribution in [2.45, 2.75) is 131 Å². The molecule has 0 heteroatoms. The van der Waals surface area contributed by atoms with Crippen LogP contribution in [0.15, 0.2) is 243 Å². The third-order valence-electron chi connectivity index (χ3n) is 21.3. The van der Waals surface area contributed by atoms with Gasteiger partial charge in [0, 0.05) is 0 Å². The molecule has 490 valence electrons. The van der Waals surface area contributed by atoms with Crippen LogP contribution in [0.3, 0.4) is 0 Å². The van der Waals surface area contributed by atoms with E-state index in [0.29, 0.717) is 5.92 Å². The fourth-order valence-corrected chi connectivity index (χ4v) is 14.7. The Hall–Kier alpha value is -10.1. The van der Waals surface area contributed by atoms with Gasteiger partial charge in [0.1, 0.15) is 0 Å². The molecule has 0 bridgehead atoms. The Morgan fingerprint density at radius 3 is 1.22 bits per heavy atom. The van der Waals surface area contributed by atoms with Crippen molar-refractivity contribution in [2.24, 2.45) is 5.92 Å². The fourth-order valence-electron chi connectivity index (χ4n) is 14.7. The first-order valence-electron chi connectivity index (χ1n) is 35.2. The van der Waals surface area contributed by atoms with E-state index in [1.165, 1.54) is 203 Å². The molecule has 15 aromatic rings. The molecule has 0 aliphatic heterocycles. The SMILES string of the molecule is Cc1c(C)c(C)c(C)c(C)c1C.Cc1cc(C)c2ccccc2c1.Cc1cc2c3cccc(C)c3ccc2c2ccccc12.Cc1ccc2c3c4c(ccc13)C=CC(C)C4=CC2.Cc1ccc2cc(C)c3ccccc3c2c1.Cc1cccc2c(C)cccc12.Cc1ccccc1C. The number of hydrogen-bond acceptors (Lipinski definition) is 0. The molecular formula is C98H98. The standard InChI is InChI=1S/C20H16.C18H16.C16H14.2C12H12.C12H18.C8H10/c1-13-6-5-9-18-16(13)10-11-19-17-8-4-3-7-15(17)14(2)12-20(18)19;1-11-3-5-13-8-10-16-12(2)4-6-14-7-9-15(11)17(13)18(14)16;1-11-7-8-13-10-12(2)14-5-3-4-6-15(14)16(13)9-11;1-9-5-3-8-12-10(2)6-4-7-11(9)12;1-9-7-10(2)12-6-4-3-5-11(12)8-9;1-7-8(2)10(4)12(6)11(5)9(7)3;1-7-5-3-4-6-8(7)2/h3-12H,1-2H3;3-7,9-10,12H,8H2,1-2H3;3-10H,1-2H3;2*3-8H,1-2H3;1-6H3;3-6H,1-2H3. The molecule has 2 aliphatic carbocycles. The summed E-state index contributed by atoms with van der Waals surface area (Å²) in [6, 6.07) is 83.0. The summed E-state index contributed by atoms with van der Waals surface area (Å²) in [4.78, 5) is 0. The lowest BCUT2D eigenvalue weighted by Gasteiger charge is -2.27. The van der Waals surface area contributed by atoms with Gasteiger partial charge in [0.2, 0.25) is 0 Å². The summed E-state index contributed by atoms with van der Waals surface area (Å²) in [5, 5.41) is 21.9. The Morgan fingerprint density at radius 2 is 0.653 bits per heavy atom. The molecule has 15 aromatic carbocycles. The van der Waals surface area contributed by atoms with Gasteiger partial charge in [-0.2, -0.15) is 0 Å². The van der Waals surface area contributed by atoms with Crippen LogP contribution in [0, 0.1) is 124 Å². The lowest BCUT2D eigenvalue weighted by molar-refractivity contribution is 0.951. The van der Waals surface area contributed by atoms with Gasteiger partial charge in [-0.3, -0.25) is 0 Å². The normalized spacial score (nSPS) is 12.5. The van der Waals surface area contributed by atoms with Crippen molar-refractivity contribution in [3.8, 4) is 0 Å². The topological polar surface area (TPSA) is 0 Å². The number of aryl methyl sites for hydroxylation is 11. The van der Waals surface area contributed by atoms with E-state index in [2.05, 4.69) is 373 Å². The third kappa shape index (κ3) is 14.6. The highest BCUT2D eigenvalue weighted by atomic mass is 14.3. The van der Waals surface area contributed by atoms with Gasteiger partial charge in [0.25, 0.3) is 0 Å². The Kier molecular flexibility index (Phi) is 21.3. The molecule has 0 aromatic heterocycles. The van der Waals surface area contributed by atoms with Gasteiger partial charge in [-0.1, -0.05) is 267 Å². The molecule has 0 saturated carbocycles. The van der Waals surface area contributed by atoms with Crippen LogP contribution < -0.4 is 0 Å². The first kappa shape index (κ1) is 69.2.